The molecule has 2 heterocycles. The summed E-state index contributed by atoms with van der Waals surface area (Å²) in [6.07, 6.45) is 6.03. The van der Waals surface area contributed by atoms with Crippen molar-refractivity contribution in [3.05, 3.63) is 83.1 Å². The van der Waals surface area contributed by atoms with E-state index in [2.05, 4.69) is 32.0 Å². The van der Waals surface area contributed by atoms with E-state index in [0.717, 1.165) is 18.4 Å². The zero-order valence-corrected chi connectivity index (χ0v) is 21.3. The van der Waals surface area contributed by atoms with E-state index < -0.39 is 6.03 Å². The second-order valence-corrected chi connectivity index (χ2v) is 8.96. The van der Waals surface area contributed by atoms with Gasteiger partial charge < -0.3 is 20.4 Å². The van der Waals surface area contributed by atoms with Gasteiger partial charge in [0.1, 0.15) is 17.6 Å². The van der Waals surface area contributed by atoms with Crippen LogP contribution in [0.15, 0.2) is 67.0 Å². The molecule has 2 aromatic heterocycles. The quantitative estimate of drug-likeness (QED) is 0.186. The minimum absolute atomic E-state index is 0.00627. The van der Waals surface area contributed by atoms with Crippen LogP contribution in [0.5, 0.6) is 5.75 Å². The third-order valence-electron chi connectivity index (χ3n) is 5.75. The molecule has 4 rings (SSSR count). The van der Waals surface area contributed by atoms with Gasteiger partial charge in [-0.05, 0) is 61.2 Å². The number of benzene rings is 2. The molecule has 194 valence electrons. The molecular weight excluding hydrogens is 504 g/mol. The first-order valence-electron chi connectivity index (χ1n) is 12.2. The molecule has 0 aliphatic rings. The molecular formula is C28H27ClN6O3. The number of fused-ring (bicyclic) bond motifs is 1. The van der Waals surface area contributed by atoms with E-state index in [1.807, 2.05) is 30.5 Å². The number of anilines is 2. The number of amides is 3. The van der Waals surface area contributed by atoms with Crippen molar-refractivity contribution in [1.82, 2.24) is 15.3 Å². The number of para-hydroxylation sites is 1. The van der Waals surface area contributed by atoms with Crippen LogP contribution >= 0.6 is 11.6 Å². The number of aryl methyl sites for hydroxylation is 1. The van der Waals surface area contributed by atoms with Crippen molar-refractivity contribution >= 4 is 45.9 Å². The van der Waals surface area contributed by atoms with E-state index in [1.54, 1.807) is 24.3 Å². The summed E-state index contributed by atoms with van der Waals surface area (Å²) in [5, 5.41) is 18.7. The van der Waals surface area contributed by atoms with Crippen molar-refractivity contribution in [2.24, 2.45) is 0 Å². The molecule has 0 aliphatic carbocycles. The molecule has 38 heavy (non-hydrogen) atoms. The van der Waals surface area contributed by atoms with Crippen LogP contribution in [-0.2, 0) is 11.2 Å². The van der Waals surface area contributed by atoms with Gasteiger partial charge in [-0.25, -0.2) is 9.78 Å². The lowest BCUT2D eigenvalue weighted by Crippen LogP contribution is -2.25. The number of hydrogen-bond acceptors (Lipinski definition) is 5. The van der Waals surface area contributed by atoms with Crippen LogP contribution in [0.1, 0.15) is 30.4 Å². The number of carbonyl (C=O) groups is 2. The highest BCUT2D eigenvalue weighted by molar-refractivity contribution is 6.31. The number of hydrogen-bond donors (Lipinski definition) is 4. The highest BCUT2D eigenvalue weighted by Gasteiger charge is 2.11. The zero-order chi connectivity index (χ0) is 26.7. The van der Waals surface area contributed by atoms with Crippen LogP contribution in [0.3, 0.4) is 0 Å². The second kappa shape index (κ2) is 13.1. The lowest BCUT2D eigenvalue weighted by Gasteiger charge is -2.14. The molecule has 0 saturated heterocycles. The standard InChI is InChI=1S/C28H27ClN6O3/c29-21-10-11-25(24(15-21)34-28(37)35-26-12-9-19(16-30)17-33-26)38-14-4-13-31-27(36)8-3-5-20-18-32-23-7-2-1-6-22(20)23/h1-2,6-7,9-12,15,17-18,32H,3-5,8,13-14H2,(H,31,36)(H2,33,34,35,37). The molecule has 0 saturated carbocycles. The first-order chi connectivity index (χ1) is 18.5. The van der Waals surface area contributed by atoms with Gasteiger partial charge in [0.25, 0.3) is 0 Å². The molecule has 0 fully saturated rings. The Bertz CT molecular complexity index is 1450. The fourth-order valence-electron chi connectivity index (χ4n) is 3.88. The normalized spacial score (nSPS) is 10.5. The van der Waals surface area contributed by atoms with Gasteiger partial charge in [-0.1, -0.05) is 29.8 Å². The Balaban J connectivity index is 1.17. The summed E-state index contributed by atoms with van der Waals surface area (Å²) < 4.78 is 5.82. The largest absolute Gasteiger partial charge is 0.491 e. The number of ether oxygens (including phenoxy) is 1. The number of halogens is 1. The Labute approximate surface area is 225 Å². The minimum atomic E-state index is -0.533. The number of pyridine rings is 1. The third-order valence-corrected chi connectivity index (χ3v) is 5.98. The fraction of sp³-hybridized carbons (Fsp3) is 0.214. The van der Waals surface area contributed by atoms with Crippen molar-refractivity contribution < 1.29 is 14.3 Å². The van der Waals surface area contributed by atoms with Gasteiger partial charge in [-0.2, -0.15) is 5.26 Å². The number of urea groups is 1. The molecule has 0 aliphatic heterocycles. The SMILES string of the molecule is N#Cc1ccc(NC(=O)Nc2cc(Cl)ccc2OCCCNC(=O)CCCc2c[nH]c3ccccc23)nc1. The monoisotopic (exact) mass is 530 g/mol. The molecule has 4 aromatic rings. The summed E-state index contributed by atoms with van der Waals surface area (Å²) in [6, 6.07) is 17.6. The lowest BCUT2D eigenvalue weighted by molar-refractivity contribution is -0.121. The number of H-pyrrole nitrogens is 1. The number of aromatic amines is 1. The second-order valence-electron chi connectivity index (χ2n) is 8.53. The van der Waals surface area contributed by atoms with Crippen LogP contribution in [0.2, 0.25) is 5.02 Å². The maximum absolute atomic E-state index is 12.4. The summed E-state index contributed by atoms with van der Waals surface area (Å²) in [5.74, 6) is 0.748. The van der Waals surface area contributed by atoms with E-state index >= 15 is 0 Å². The third kappa shape index (κ3) is 7.48. The van der Waals surface area contributed by atoms with E-state index in [0.29, 0.717) is 53.8 Å². The van der Waals surface area contributed by atoms with E-state index in [-0.39, 0.29) is 5.91 Å². The van der Waals surface area contributed by atoms with E-state index in [9.17, 15) is 9.59 Å². The van der Waals surface area contributed by atoms with Crippen molar-refractivity contribution in [3.8, 4) is 11.8 Å². The molecule has 4 N–H and O–H groups in total. The van der Waals surface area contributed by atoms with Crippen molar-refractivity contribution in [2.45, 2.75) is 25.7 Å². The summed E-state index contributed by atoms with van der Waals surface area (Å²) in [6.45, 7) is 0.817. The number of nitrogens with zero attached hydrogens (tertiary/aromatic N) is 2. The van der Waals surface area contributed by atoms with Gasteiger partial charge >= 0.3 is 6.03 Å². The molecule has 0 atom stereocenters. The fourth-order valence-corrected chi connectivity index (χ4v) is 4.05. The molecule has 2 aromatic carbocycles. The van der Waals surface area contributed by atoms with Crippen molar-refractivity contribution in [1.29, 1.82) is 5.26 Å². The lowest BCUT2D eigenvalue weighted by atomic mass is 10.1. The number of nitriles is 1. The van der Waals surface area contributed by atoms with E-state index in [1.165, 1.54) is 23.2 Å². The summed E-state index contributed by atoms with van der Waals surface area (Å²) in [4.78, 5) is 31.9. The Morgan fingerprint density at radius 3 is 2.76 bits per heavy atom. The first-order valence-corrected chi connectivity index (χ1v) is 12.6. The smallest absolute Gasteiger partial charge is 0.324 e. The maximum Gasteiger partial charge on any atom is 0.324 e. The Kier molecular flexibility index (Phi) is 9.16. The van der Waals surface area contributed by atoms with Gasteiger partial charge in [0, 0.05) is 41.3 Å². The molecule has 9 nitrogen and oxygen atoms in total. The maximum atomic E-state index is 12.4. The molecule has 0 bridgehead atoms. The predicted octanol–water partition coefficient (Wildman–Crippen LogP) is 5.64. The van der Waals surface area contributed by atoms with Gasteiger partial charge in [0.2, 0.25) is 5.91 Å². The molecule has 0 unspecified atom stereocenters. The summed E-state index contributed by atoms with van der Waals surface area (Å²) in [7, 11) is 0. The van der Waals surface area contributed by atoms with Gasteiger partial charge in [0.15, 0.2) is 0 Å². The number of aromatic nitrogens is 2. The van der Waals surface area contributed by atoms with Gasteiger partial charge in [0.05, 0.1) is 17.9 Å². The average Bonchev–Trinajstić information content (AvgIpc) is 3.33. The van der Waals surface area contributed by atoms with Gasteiger partial charge in [-0.15, -0.1) is 0 Å². The summed E-state index contributed by atoms with van der Waals surface area (Å²) >= 11 is 6.10. The van der Waals surface area contributed by atoms with Crippen LogP contribution < -0.4 is 20.7 Å². The summed E-state index contributed by atoms with van der Waals surface area (Å²) in [5.41, 5.74) is 3.11. The average molecular weight is 531 g/mol. The topological polar surface area (TPSA) is 132 Å². The van der Waals surface area contributed by atoms with E-state index in [4.69, 9.17) is 21.6 Å². The van der Waals surface area contributed by atoms with Crippen LogP contribution in [0.4, 0.5) is 16.3 Å². The van der Waals surface area contributed by atoms with Gasteiger partial charge in [-0.3, -0.25) is 10.1 Å². The molecule has 0 spiro atoms. The highest BCUT2D eigenvalue weighted by Crippen LogP contribution is 2.28. The van der Waals surface area contributed by atoms with Crippen molar-refractivity contribution in [2.75, 3.05) is 23.8 Å². The number of nitrogens with one attached hydrogen (secondary N) is 4. The molecule has 10 heteroatoms. The minimum Gasteiger partial charge on any atom is -0.491 e. The number of rotatable bonds is 11. The van der Waals surface area contributed by atoms with Crippen LogP contribution in [-0.4, -0.2) is 35.1 Å². The Morgan fingerprint density at radius 2 is 1.95 bits per heavy atom. The highest BCUT2D eigenvalue weighted by atomic mass is 35.5. The zero-order valence-electron chi connectivity index (χ0n) is 20.6. The molecule has 3 amide bonds. The number of carbonyl (C=O) groups excluding carboxylic acids is 2. The van der Waals surface area contributed by atoms with Crippen LogP contribution in [0, 0.1) is 11.3 Å². The first kappa shape index (κ1) is 26.5. The Hall–Kier alpha value is -4.55. The molecule has 0 radical (unpaired) electrons. The predicted molar refractivity (Wildman–Crippen MR) is 147 cm³/mol. The Morgan fingerprint density at radius 1 is 1.08 bits per heavy atom. The van der Waals surface area contributed by atoms with Crippen molar-refractivity contribution in [3.63, 3.8) is 0 Å². The van der Waals surface area contributed by atoms with Crippen LogP contribution in [0.25, 0.3) is 10.9 Å².